The van der Waals surface area contributed by atoms with Gasteiger partial charge >= 0.3 is 0 Å². The molecule has 0 radical (unpaired) electrons. The fraction of sp³-hybridized carbons (Fsp3) is 1.00. The summed E-state index contributed by atoms with van der Waals surface area (Å²) in [5.41, 5.74) is 0. The van der Waals surface area contributed by atoms with E-state index in [0.717, 1.165) is 32.5 Å². The summed E-state index contributed by atoms with van der Waals surface area (Å²) in [5, 5.41) is 16.6. The van der Waals surface area contributed by atoms with Crippen molar-refractivity contribution in [2.24, 2.45) is 5.92 Å². The second kappa shape index (κ2) is 5.58. The third-order valence-corrected chi connectivity index (χ3v) is 2.97. The van der Waals surface area contributed by atoms with Gasteiger partial charge in [0.15, 0.2) is 0 Å². The minimum Gasteiger partial charge on any atom is -0.393 e. The lowest BCUT2D eigenvalue weighted by molar-refractivity contribution is 0.0740. The van der Waals surface area contributed by atoms with Gasteiger partial charge in [-0.2, -0.15) is 0 Å². The zero-order valence-electron chi connectivity index (χ0n) is 8.71. The van der Waals surface area contributed by atoms with Crippen molar-refractivity contribution in [3.8, 4) is 0 Å². The quantitative estimate of drug-likeness (QED) is 0.593. The Labute approximate surface area is 80.9 Å². The molecule has 3 nitrogen and oxygen atoms in total. The number of aliphatic hydroxyl groups is 1. The lowest BCUT2D eigenvalue weighted by Crippen LogP contribution is -2.54. The number of piperazine rings is 1. The third kappa shape index (κ3) is 2.93. The van der Waals surface area contributed by atoms with E-state index < -0.39 is 0 Å². The van der Waals surface area contributed by atoms with Crippen LogP contribution in [0.5, 0.6) is 0 Å². The van der Waals surface area contributed by atoms with Gasteiger partial charge in [-0.3, -0.25) is 0 Å². The van der Waals surface area contributed by atoms with E-state index in [4.69, 9.17) is 0 Å². The van der Waals surface area contributed by atoms with Gasteiger partial charge in [0.1, 0.15) is 0 Å². The Hall–Kier alpha value is -0.120. The van der Waals surface area contributed by atoms with E-state index in [2.05, 4.69) is 17.6 Å². The summed E-state index contributed by atoms with van der Waals surface area (Å²) in [4.78, 5) is 0. The molecule has 0 aromatic carbocycles. The van der Waals surface area contributed by atoms with Crippen LogP contribution in [0, 0.1) is 5.92 Å². The molecule has 1 heterocycles. The van der Waals surface area contributed by atoms with Crippen LogP contribution in [0.15, 0.2) is 0 Å². The molecule has 1 saturated heterocycles. The van der Waals surface area contributed by atoms with E-state index in [0.29, 0.717) is 12.0 Å². The van der Waals surface area contributed by atoms with Crippen molar-refractivity contribution in [2.75, 3.05) is 19.6 Å². The summed E-state index contributed by atoms with van der Waals surface area (Å²) in [7, 11) is 0. The first-order valence-electron chi connectivity index (χ1n) is 5.41. The molecule has 0 aromatic heterocycles. The van der Waals surface area contributed by atoms with Crippen LogP contribution < -0.4 is 10.6 Å². The molecule has 1 rings (SSSR count). The number of aliphatic hydroxyl groups excluding tert-OH is 1. The highest BCUT2D eigenvalue weighted by Crippen LogP contribution is 2.16. The summed E-state index contributed by atoms with van der Waals surface area (Å²) in [6.45, 7) is 7.27. The van der Waals surface area contributed by atoms with Crippen molar-refractivity contribution in [3.63, 3.8) is 0 Å². The molecule has 0 bridgehead atoms. The predicted octanol–water partition coefficient (Wildman–Crippen LogP) is 0.345. The molecule has 3 unspecified atom stereocenters. The van der Waals surface area contributed by atoms with E-state index in [1.165, 1.54) is 0 Å². The third-order valence-electron chi connectivity index (χ3n) is 2.97. The molecule has 0 amide bonds. The van der Waals surface area contributed by atoms with Crippen LogP contribution in [-0.4, -0.2) is 36.9 Å². The molecule has 0 saturated carbocycles. The minimum atomic E-state index is -0.151. The Morgan fingerprint density at radius 1 is 1.31 bits per heavy atom. The van der Waals surface area contributed by atoms with Crippen molar-refractivity contribution >= 4 is 0 Å². The zero-order chi connectivity index (χ0) is 9.68. The first kappa shape index (κ1) is 11.0. The topological polar surface area (TPSA) is 44.3 Å². The standard InChI is InChI=1S/C10H22N2O/c1-3-8(10(13)4-2)9-7-11-5-6-12-9/h8-13H,3-7H2,1-2H3. The normalized spacial score (nSPS) is 28.4. The summed E-state index contributed by atoms with van der Waals surface area (Å²) in [6, 6.07) is 0.452. The second-order valence-corrected chi connectivity index (χ2v) is 3.81. The average molecular weight is 186 g/mol. The number of hydrogen-bond donors (Lipinski definition) is 3. The molecular formula is C10H22N2O. The predicted molar refractivity (Wildman–Crippen MR) is 54.7 cm³/mol. The maximum Gasteiger partial charge on any atom is 0.0581 e. The molecule has 3 N–H and O–H groups in total. The van der Waals surface area contributed by atoms with Crippen LogP contribution in [0.4, 0.5) is 0 Å². The van der Waals surface area contributed by atoms with Crippen LogP contribution in [0.2, 0.25) is 0 Å². The Morgan fingerprint density at radius 3 is 2.54 bits per heavy atom. The second-order valence-electron chi connectivity index (χ2n) is 3.81. The van der Waals surface area contributed by atoms with Gasteiger partial charge in [-0.15, -0.1) is 0 Å². The summed E-state index contributed by atoms with van der Waals surface area (Å²) >= 11 is 0. The Bertz CT molecular complexity index is 135. The highest BCUT2D eigenvalue weighted by molar-refractivity contribution is 4.85. The van der Waals surface area contributed by atoms with Crippen LogP contribution in [0.25, 0.3) is 0 Å². The van der Waals surface area contributed by atoms with Crippen molar-refractivity contribution in [1.29, 1.82) is 0 Å². The number of hydrogen-bond acceptors (Lipinski definition) is 3. The number of nitrogens with one attached hydrogen (secondary N) is 2. The van der Waals surface area contributed by atoms with Gasteiger partial charge in [-0.05, 0) is 12.8 Å². The highest BCUT2D eigenvalue weighted by atomic mass is 16.3. The lowest BCUT2D eigenvalue weighted by atomic mass is 9.89. The molecule has 1 aliphatic rings. The van der Waals surface area contributed by atoms with Crippen LogP contribution in [-0.2, 0) is 0 Å². The minimum absolute atomic E-state index is 0.151. The monoisotopic (exact) mass is 186 g/mol. The van der Waals surface area contributed by atoms with Gasteiger partial charge in [-0.1, -0.05) is 13.8 Å². The lowest BCUT2D eigenvalue weighted by Gasteiger charge is -2.33. The van der Waals surface area contributed by atoms with Gasteiger partial charge in [0.25, 0.3) is 0 Å². The van der Waals surface area contributed by atoms with E-state index in [9.17, 15) is 5.11 Å². The van der Waals surface area contributed by atoms with Gasteiger partial charge in [0.2, 0.25) is 0 Å². The van der Waals surface area contributed by atoms with Crippen LogP contribution >= 0.6 is 0 Å². The van der Waals surface area contributed by atoms with Crippen molar-refractivity contribution < 1.29 is 5.11 Å². The molecular weight excluding hydrogens is 164 g/mol. The molecule has 0 aliphatic carbocycles. The van der Waals surface area contributed by atoms with E-state index in [-0.39, 0.29) is 6.10 Å². The Kier molecular flexibility index (Phi) is 4.70. The smallest absolute Gasteiger partial charge is 0.0581 e. The van der Waals surface area contributed by atoms with Crippen molar-refractivity contribution in [1.82, 2.24) is 10.6 Å². The highest BCUT2D eigenvalue weighted by Gasteiger charge is 2.26. The van der Waals surface area contributed by atoms with Crippen molar-refractivity contribution in [2.45, 2.75) is 38.8 Å². The summed E-state index contributed by atoms with van der Waals surface area (Å²) in [5.74, 6) is 0.401. The van der Waals surface area contributed by atoms with E-state index in [1.54, 1.807) is 0 Å². The van der Waals surface area contributed by atoms with Gasteiger partial charge in [0, 0.05) is 31.6 Å². The summed E-state index contributed by atoms with van der Waals surface area (Å²) < 4.78 is 0. The maximum atomic E-state index is 9.80. The zero-order valence-corrected chi connectivity index (χ0v) is 8.71. The Morgan fingerprint density at radius 2 is 2.08 bits per heavy atom. The molecule has 13 heavy (non-hydrogen) atoms. The van der Waals surface area contributed by atoms with Crippen molar-refractivity contribution in [3.05, 3.63) is 0 Å². The average Bonchev–Trinajstić information content (AvgIpc) is 2.20. The largest absolute Gasteiger partial charge is 0.393 e. The fourth-order valence-corrected chi connectivity index (χ4v) is 2.11. The van der Waals surface area contributed by atoms with Crippen LogP contribution in [0.1, 0.15) is 26.7 Å². The molecule has 0 spiro atoms. The van der Waals surface area contributed by atoms with E-state index in [1.807, 2.05) is 6.92 Å². The molecule has 0 aromatic rings. The molecule has 3 atom stereocenters. The van der Waals surface area contributed by atoms with Gasteiger partial charge < -0.3 is 15.7 Å². The van der Waals surface area contributed by atoms with Gasteiger partial charge in [-0.25, -0.2) is 0 Å². The molecule has 3 heteroatoms. The van der Waals surface area contributed by atoms with Crippen LogP contribution in [0.3, 0.4) is 0 Å². The summed E-state index contributed by atoms with van der Waals surface area (Å²) in [6.07, 6.45) is 1.76. The maximum absolute atomic E-state index is 9.80. The SMILES string of the molecule is CCC(O)C(CC)C1CNCCN1. The fourth-order valence-electron chi connectivity index (χ4n) is 2.11. The first-order chi connectivity index (χ1) is 6.29. The molecule has 78 valence electrons. The first-order valence-corrected chi connectivity index (χ1v) is 5.41. The Balaban J connectivity index is 2.43. The van der Waals surface area contributed by atoms with Gasteiger partial charge in [0.05, 0.1) is 6.10 Å². The number of rotatable bonds is 4. The molecule has 1 aliphatic heterocycles. The van der Waals surface area contributed by atoms with E-state index >= 15 is 0 Å². The molecule has 1 fully saturated rings.